The molecule has 3 rings (SSSR count). The van der Waals surface area contributed by atoms with Crippen molar-refractivity contribution < 1.29 is 9.90 Å². The molecule has 0 saturated heterocycles. The number of amides is 1. The number of aryl methyl sites for hydroxylation is 2. The Labute approximate surface area is 145 Å². The lowest BCUT2D eigenvalue weighted by Gasteiger charge is -2.10. The summed E-state index contributed by atoms with van der Waals surface area (Å²) in [6.45, 7) is 4.47. The predicted molar refractivity (Wildman–Crippen MR) is 97.0 cm³/mol. The van der Waals surface area contributed by atoms with Crippen molar-refractivity contribution in [3.63, 3.8) is 0 Å². The van der Waals surface area contributed by atoms with Crippen molar-refractivity contribution in [3.8, 4) is 0 Å². The number of nitrogens with one attached hydrogen (secondary N) is 1. The molecule has 124 valence electrons. The zero-order chi connectivity index (χ0) is 17.1. The number of carbonyl (C=O) groups excluding carboxylic acids is 1. The van der Waals surface area contributed by atoms with Crippen molar-refractivity contribution in [2.75, 3.05) is 0 Å². The molecule has 0 spiro atoms. The topological polar surface area (TPSA) is 62.2 Å². The number of para-hydroxylation sites is 1. The van der Waals surface area contributed by atoms with E-state index in [0.29, 0.717) is 6.54 Å². The molecule has 1 amide bonds. The van der Waals surface area contributed by atoms with E-state index < -0.39 is 0 Å². The predicted octanol–water partition coefficient (Wildman–Crippen LogP) is 3.26. The van der Waals surface area contributed by atoms with E-state index in [-0.39, 0.29) is 18.9 Å². The van der Waals surface area contributed by atoms with E-state index in [9.17, 15) is 9.90 Å². The van der Waals surface area contributed by atoms with Crippen LogP contribution in [-0.2, 0) is 24.4 Å². The Morgan fingerprint density at radius 3 is 2.79 bits per heavy atom. The van der Waals surface area contributed by atoms with Crippen LogP contribution >= 0.6 is 11.3 Å². The Kier molecular flexibility index (Phi) is 4.92. The Bertz CT molecular complexity index is 886. The first-order valence-corrected chi connectivity index (χ1v) is 8.75. The summed E-state index contributed by atoms with van der Waals surface area (Å²) in [5.41, 5.74) is 4.56. The number of carbonyl (C=O) groups is 1. The SMILES string of the molecule is Cc1cc(CO)c2cccc(CC(=O)NCc3sccc3C)c2n1. The molecule has 0 saturated carbocycles. The minimum Gasteiger partial charge on any atom is -0.392 e. The number of hydrogen-bond donors (Lipinski definition) is 2. The van der Waals surface area contributed by atoms with Crippen LogP contribution in [0.5, 0.6) is 0 Å². The number of benzene rings is 1. The summed E-state index contributed by atoms with van der Waals surface area (Å²) >= 11 is 1.65. The number of aliphatic hydroxyl groups excluding tert-OH is 1. The van der Waals surface area contributed by atoms with Crippen LogP contribution in [0.1, 0.15) is 27.3 Å². The van der Waals surface area contributed by atoms with Crippen molar-refractivity contribution in [1.82, 2.24) is 10.3 Å². The molecule has 4 nitrogen and oxygen atoms in total. The van der Waals surface area contributed by atoms with Gasteiger partial charge in [0.1, 0.15) is 0 Å². The van der Waals surface area contributed by atoms with E-state index in [4.69, 9.17) is 0 Å². The normalized spacial score (nSPS) is 11.0. The van der Waals surface area contributed by atoms with E-state index in [0.717, 1.165) is 27.7 Å². The highest BCUT2D eigenvalue weighted by Gasteiger charge is 2.11. The second kappa shape index (κ2) is 7.11. The minimum atomic E-state index is -0.0346. The molecule has 2 N–H and O–H groups in total. The molecule has 0 bridgehead atoms. The summed E-state index contributed by atoms with van der Waals surface area (Å²) in [6, 6.07) is 9.70. The van der Waals surface area contributed by atoms with Crippen molar-refractivity contribution in [1.29, 1.82) is 0 Å². The minimum absolute atomic E-state index is 0.0239. The average Bonchev–Trinajstić information content (AvgIpc) is 2.98. The fourth-order valence-corrected chi connectivity index (χ4v) is 3.64. The van der Waals surface area contributed by atoms with Gasteiger partial charge in [0.15, 0.2) is 0 Å². The number of hydrogen-bond acceptors (Lipinski definition) is 4. The van der Waals surface area contributed by atoms with Gasteiger partial charge in [0.2, 0.25) is 5.91 Å². The molecule has 0 atom stereocenters. The first kappa shape index (κ1) is 16.6. The molecule has 2 heterocycles. The van der Waals surface area contributed by atoms with Gasteiger partial charge in [-0.2, -0.15) is 0 Å². The van der Waals surface area contributed by atoms with Gasteiger partial charge in [0.05, 0.1) is 25.1 Å². The maximum atomic E-state index is 12.3. The lowest BCUT2D eigenvalue weighted by molar-refractivity contribution is -0.120. The Hall–Kier alpha value is -2.24. The van der Waals surface area contributed by atoms with Gasteiger partial charge in [-0.25, -0.2) is 0 Å². The summed E-state index contributed by atoms with van der Waals surface area (Å²) in [6.07, 6.45) is 0.281. The number of rotatable bonds is 5. The molecule has 0 radical (unpaired) electrons. The highest BCUT2D eigenvalue weighted by atomic mass is 32.1. The first-order valence-electron chi connectivity index (χ1n) is 7.87. The second-order valence-corrected chi connectivity index (χ2v) is 6.88. The molecule has 0 aliphatic heterocycles. The summed E-state index contributed by atoms with van der Waals surface area (Å²) in [5, 5.41) is 15.5. The van der Waals surface area contributed by atoms with E-state index in [1.54, 1.807) is 11.3 Å². The zero-order valence-corrected chi connectivity index (χ0v) is 14.6. The number of thiophene rings is 1. The molecule has 24 heavy (non-hydrogen) atoms. The van der Waals surface area contributed by atoms with E-state index in [1.165, 1.54) is 10.4 Å². The standard InChI is InChI=1S/C19H20N2O2S/c1-12-6-7-24-17(12)10-20-18(23)9-14-4-3-5-16-15(11-22)8-13(2)21-19(14)16/h3-8,22H,9-11H2,1-2H3,(H,20,23). The Morgan fingerprint density at radius 1 is 1.25 bits per heavy atom. The first-order chi connectivity index (χ1) is 11.6. The van der Waals surface area contributed by atoms with Gasteiger partial charge in [-0.1, -0.05) is 18.2 Å². The highest BCUT2D eigenvalue weighted by Crippen LogP contribution is 2.22. The van der Waals surface area contributed by atoms with Gasteiger partial charge < -0.3 is 10.4 Å². The zero-order valence-electron chi connectivity index (χ0n) is 13.8. The Balaban J connectivity index is 1.81. The van der Waals surface area contributed by atoms with Crippen molar-refractivity contribution >= 4 is 28.1 Å². The third-order valence-corrected chi connectivity index (χ3v) is 5.10. The maximum absolute atomic E-state index is 12.3. The summed E-state index contributed by atoms with van der Waals surface area (Å²) < 4.78 is 0. The maximum Gasteiger partial charge on any atom is 0.224 e. The third-order valence-electron chi connectivity index (χ3n) is 4.07. The molecule has 0 aliphatic carbocycles. The summed E-state index contributed by atoms with van der Waals surface area (Å²) in [4.78, 5) is 18.1. The van der Waals surface area contributed by atoms with E-state index in [2.05, 4.69) is 16.4 Å². The van der Waals surface area contributed by atoms with Gasteiger partial charge in [0, 0.05) is 16.0 Å². The average molecular weight is 340 g/mol. The molecule has 0 unspecified atom stereocenters. The lowest BCUT2D eigenvalue weighted by Crippen LogP contribution is -2.24. The van der Waals surface area contributed by atoms with Crippen molar-refractivity contribution in [3.05, 3.63) is 63.0 Å². The molecule has 0 fully saturated rings. The number of pyridine rings is 1. The van der Waals surface area contributed by atoms with Crippen LogP contribution in [0.15, 0.2) is 35.7 Å². The second-order valence-electron chi connectivity index (χ2n) is 5.87. The van der Waals surface area contributed by atoms with Gasteiger partial charge in [-0.3, -0.25) is 9.78 Å². The van der Waals surface area contributed by atoms with Crippen LogP contribution < -0.4 is 5.32 Å². The van der Waals surface area contributed by atoms with Crippen LogP contribution in [0.3, 0.4) is 0 Å². The molecule has 1 aromatic carbocycles. The number of aromatic nitrogens is 1. The molecular weight excluding hydrogens is 320 g/mol. The molecule has 2 aromatic heterocycles. The van der Waals surface area contributed by atoms with Crippen LogP contribution in [0, 0.1) is 13.8 Å². The van der Waals surface area contributed by atoms with Gasteiger partial charge in [-0.15, -0.1) is 11.3 Å². The van der Waals surface area contributed by atoms with E-state index >= 15 is 0 Å². The summed E-state index contributed by atoms with van der Waals surface area (Å²) in [7, 11) is 0. The fraction of sp³-hybridized carbons (Fsp3) is 0.263. The van der Waals surface area contributed by atoms with Gasteiger partial charge in [0.25, 0.3) is 0 Å². The van der Waals surface area contributed by atoms with Crippen LogP contribution in [0.25, 0.3) is 10.9 Å². The van der Waals surface area contributed by atoms with E-state index in [1.807, 2.05) is 43.5 Å². The fourth-order valence-electron chi connectivity index (χ4n) is 2.79. The van der Waals surface area contributed by atoms with Gasteiger partial charge in [-0.05, 0) is 48.1 Å². The Morgan fingerprint density at radius 2 is 2.08 bits per heavy atom. The molecule has 3 aromatic rings. The molecule has 0 aliphatic rings. The highest BCUT2D eigenvalue weighted by molar-refractivity contribution is 7.10. The third kappa shape index (κ3) is 3.47. The quantitative estimate of drug-likeness (QED) is 0.749. The molecular formula is C19H20N2O2S. The molecule has 5 heteroatoms. The summed E-state index contributed by atoms with van der Waals surface area (Å²) in [5.74, 6) is -0.0239. The monoisotopic (exact) mass is 340 g/mol. The number of nitrogens with zero attached hydrogens (tertiary/aromatic N) is 1. The number of aliphatic hydroxyl groups is 1. The smallest absolute Gasteiger partial charge is 0.224 e. The van der Waals surface area contributed by atoms with Gasteiger partial charge >= 0.3 is 0 Å². The van der Waals surface area contributed by atoms with Crippen molar-refractivity contribution in [2.24, 2.45) is 0 Å². The van der Waals surface area contributed by atoms with Crippen LogP contribution in [0.2, 0.25) is 0 Å². The lowest BCUT2D eigenvalue weighted by atomic mass is 10.0. The van der Waals surface area contributed by atoms with Crippen LogP contribution in [-0.4, -0.2) is 16.0 Å². The number of fused-ring (bicyclic) bond motifs is 1. The largest absolute Gasteiger partial charge is 0.392 e. The van der Waals surface area contributed by atoms with Crippen molar-refractivity contribution in [2.45, 2.75) is 33.4 Å². The van der Waals surface area contributed by atoms with Crippen LogP contribution in [0.4, 0.5) is 0 Å².